The first kappa shape index (κ1) is 14.1. The number of ether oxygens (including phenoxy) is 1. The number of phenolic OH excluding ortho intramolecular Hbond substituents is 1. The number of nitrogens with one attached hydrogen (secondary N) is 2. The van der Waals surface area contributed by atoms with Crippen molar-refractivity contribution in [1.82, 2.24) is 10.6 Å². The third-order valence-electron chi connectivity index (χ3n) is 2.75. The summed E-state index contributed by atoms with van der Waals surface area (Å²) in [5.74, 6) is 0.818. The van der Waals surface area contributed by atoms with Gasteiger partial charge in [-0.15, -0.1) is 12.4 Å². The minimum atomic E-state index is 0. The molecule has 1 atom stereocenters. The van der Waals surface area contributed by atoms with Crippen LogP contribution < -0.4 is 15.4 Å². The molecule has 0 saturated carbocycles. The zero-order valence-corrected chi connectivity index (χ0v) is 10.7. The number of hydrogen-bond donors (Lipinski definition) is 3. The Balaban J connectivity index is 0.00000144. The molecule has 2 rings (SSSR count). The van der Waals surface area contributed by atoms with E-state index in [0.29, 0.717) is 12.4 Å². The fourth-order valence-electron chi connectivity index (χ4n) is 1.97. The summed E-state index contributed by atoms with van der Waals surface area (Å²) in [6, 6.07) is 5.80. The van der Waals surface area contributed by atoms with E-state index >= 15 is 0 Å². The summed E-state index contributed by atoms with van der Waals surface area (Å²) in [7, 11) is 0. The molecule has 0 radical (unpaired) electrons. The molecule has 1 aliphatic rings. The molecule has 4 nitrogen and oxygen atoms in total. The van der Waals surface area contributed by atoms with Crippen molar-refractivity contribution >= 4 is 12.4 Å². The second-order valence-corrected chi connectivity index (χ2v) is 3.84. The van der Waals surface area contributed by atoms with Crippen molar-refractivity contribution in [2.75, 3.05) is 26.2 Å². The highest BCUT2D eigenvalue weighted by atomic mass is 35.5. The number of piperazine rings is 1. The van der Waals surface area contributed by atoms with E-state index in [2.05, 4.69) is 10.6 Å². The van der Waals surface area contributed by atoms with Gasteiger partial charge in [-0.25, -0.2) is 0 Å². The molecule has 0 aromatic heterocycles. The number of hydrogen-bond acceptors (Lipinski definition) is 4. The smallest absolute Gasteiger partial charge is 0.162 e. The highest BCUT2D eigenvalue weighted by Gasteiger charge is 2.19. The fourth-order valence-corrected chi connectivity index (χ4v) is 1.97. The van der Waals surface area contributed by atoms with Gasteiger partial charge in [0.2, 0.25) is 0 Å². The van der Waals surface area contributed by atoms with Crippen molar-refractivity contribution < 1.29 is 9.84 Å². The summed E-state index contributed by atoms with van der Waals surface area (Å²) in [5, 5.41) is 16.7. The minimum Gasteiger partial charge on any atom is -0.504 e. The lowest BCUT2D eigenvalue weighted by Gasteiger charge is -2.25. The van der Waals surface area contributed by atoms with Crippen molar-refractivity contribution in [2.45, 2.75) is 13.0 Å². The van der Waals surface area contributed by atoms with Gasteiger partial charge in [-0.05, 0) is 13.0 Å². The normalized spacial score (nSPS) is 19.5. The van der Waals surface area contributed by atoms with Crippen LogP contribution in [0.2, 0.25) is 0 Å². The third kappa shape index (κ3) is 3.25. The highest BCUT2D eigenvalue weighted by molar-refractivity contribution is 5.85. The average molecular weight is 259 g/mol. The summed E-state index contributed by atoms with van der Waals surface area (Å²) in [6.45, 7) is 5.20. The molecule has 5 heteroatoms. The summed E-state index contributed by atoms with van der Waals surface area (Å²) in [4.78, 5) is 0. The van der Waals surface area contributed by atoms with Crippen molar-refractivity contribution in [3.05, 3.63) is 23.8 Å². The molecule has 3 N–H and O–H groups in total. The molecule has 0 spiro atoms. The van der Waals surface area contributed by atoms with Crippen molar-refractivity contribution in [3.63, 3.8) is 0 Å². The van der Waals surface area contributed by atoms with E-state index < -0.39 is 0 Å². The standard InChI is InChI=1S/C12H18N2O2.ClH/c1-2-16-11-5-3-4-9(12(11)15)10-8-13-6-7-14-10;/h3-5,10,13-15H,2,6-8H2,1H3;1H/t10-;/m0./s1. The molecule has 96 valence electrons. The van der Waals surface area contributed by atoms with Gasteiger partial charge in [0, 0.05) is 31.2 Å². The lowest BCUT2D eigenvalue weighted by atomic mass is 10.0. The Hall–Kier alpha value is -0.970. The zero-order chi connectivity index (χ0) is 11.4. The maximum atomic E-state index is 10.1. The molecule has 0 unspecified atom stereocenters. The van der Waals surface area contributed by atoms with Gasteiger partial charge in [-0.1, -0.05) is 12.1 Å². The van der Waals surface area contributed by atoms with E-state index in [4.69, 9.17) is 4.74 Å². The molecule has 17 heavy (non-hydrogen) atoms. The van der Waals surface area contributed by atoms with Crippen LogP contribution in [0.15, 0.2) is 18.2 Å². The predicted molar refractivity (Wildman–Crippen MR) is 70.1 cm³/mol. The minimum absolute atomic E-state index is 0. The van der Waals surface area contributed by atoms with Gasteiger partial charge < -0.3 is 20.5 Å². The van der Waals surface area contributed by atoms with Crippen molar-refractivity contribution in [2.24, 2.45) is 0 Å². The van der Waals surface area contributed by atoms with Crippen LogP contribution in [-0.2, 0) is 0 Å². The molecule has 1 aromatic carbocycles. The van der Waals surface area contributed by atoms with Crippen molar-refractivity contribution in [3.8, 4) is 11.5 Å². The van der Waals surface area contributed by atoms with Crippen LogP contribution >= 0.6 is 12.4 Å². The maximum Gasteiger partial charge on any atom is 0.162 e. The Morgan fingerprint density at radius 1 is 1.41 bits per heavy atom. The van der Waals surface area contributed by atoms with Gasteiger partial charge in [-0.2, -0.15) is 0 Å². The van der Waals surface area contributed by atoms with Gasteiger partial charge in [-0.3, -0.25) is 0 Å². The Labute approximate surface area is 108 Å². The number of rotatable bonds is 3. The molecular weight excluding hydrogens is 240 g/mol. The number of para-hydroxylation sites is 1. The monoisotopic (exact) mass is 258 g/mol. The first-order valence-electron chi connectivity index (χ1n) is 5.71. The zero-order valence-electron chi connectivity index (χ0n) is 9.90. The summed E-state index contributed by atoms with van der Waals surface area (Å²) in [6.07, 6.45) is 0. The van der Waals surface area contributed by atoms with E-state index in [0.717, 1.165) is 25.2 Å². The molecule has 0 bridgehead atoms. The number of benzene rings is 1. The topological polar surface area (TPSA) is 53.5 Å². The second-order valence-electron chi connectivity index (χ2n) is 3.84. The van der Waals surface area contributed by atoms with Gasteiger partial charge in [0.25, 0.3) is 0 Å². The summed E-state index contributed by atoms with van der Waals surface area (Å²) < 4.78 is 5.37. The molecular formula is C12H19ClN2O2. The molecule has 1 saturated heterocycles. The summed E-state index contributed by atoms with van der Waals surface area (Å²) in [5.41, 5.74) is 0.901. The first-order chi connectivity index (χ1) is 7.83. The third-order valence-corrected chi connectivity index (χ3v) is 2.75. The molecule has 1 fully saturated rings. The SMILES string of the molecule is CCOc1cccc([C@@H]2CNCCN2)c1O.Cl. The van der Waals surface area contributed by atoms with E-state index in [1.165, 1.54) is 0 Å². The van der Waals surface area contributed by atoms with Crippen molar-refractivity contribution in [1.29, 1.82) is 0 Å². The van der Waals surface area contributed by atoms with Gasteiger partial charge in [0.1, 0.15) is 0 Å². The lowest BCUT2D eigenvalue weighted by Crippen LogP contribution is -2.42. The fraction of sp³-hybridized carbons (Fsp3) is 0.500. The van der Waals surface area contributed by atoms with E-state index in [9.17, 15) is 5.11 Å². The Bertz CT molecular complexity index is 354. The number of aromatic hydroxyl groups is 1. The Morgan fingerprint density at radius 2 is 2.24 bits per heavy atom. The van der Waals surface area contributed by atoms with Crippen LogP contribution in [0.25, 0.3) is 0 Å². The highest BCUT2D eigenvalue weighted by Crippen LogP contribution is 2.33. The maximum absolute atomic E-state index is 10.1. The quantitative estimate of drug-likeness (QED) is 0.768. The number of phenols is 1. The summed E-state index contributed by atoms with van der Waals surface area (Å²) >= 11 is 0. The van der Waals surface area contributed by atoms with Gasteiger partial charge >= 0.3 is 0 Å². The average Bonchev–Trinajstić information content (AvgIpc) is 2.33. The first-order valence-corrected chi connectivity index (χ1v) is 5.71. The molecule has 1 heterocycles. The number of halogens is 1. The van der Waals surface area contributed by atoms with Crippen LogP contribution in [0.1, 0.15) is 18.5 Å². The van der Waals surface area contributed by atoms with Crippen LogP contribution in [0.4, 0.5) is 0 Å². The molecule has 1 aliphatic heterocycles. The lowest BCUT2D eigenvalue weighted by molar-refractivity contribution is 0.313. The van der Waals surface area contributed by atoms with Crippen LogP contribution in [0.3, 0.4) is 0 Å². The van der Waals surface area contributed by atoms with E-state index in [1.807, 2.05) is 19.1 Å². The van der Waals surface area contributed by atoms with Gasteiger partial charge in [0.05, 0.1) is 6.61 Å². The predicted octanol–water partition coefficient (Wildman–Crippen LogP) is 1.45. The van der Waals surface area contributed by atoms with Crippen LogP contribution in [0, 0.1) is 0 Å². The van der Waals surface area contributed by atoms with E-state index in [1.54, 1.807) is 6.07 Å². The van der Waals surface area contributed by atoms with Crippen LogP contribution in [-0.4, -0.2) is 31.3 Å². The Kier molecular flexibility index (Phi) is 5.55. The largest absolute Gasteiger partial charge is 0.504 e. The Morgan fingerprint density at radius 3 is 2.88 bits per heavy atom. The van der Waals surface area contributed by atoms with Crippen LogP contribution in [0.5, 0.6) is 11.5 Å². The second kappa shape index (κ2) is 6.69. The molecule has 0 amide bonds. The molecule has 1 aromatic rings. The molecule has 0 aliphatic carbocycles. The van der Waals surface area contributed by atoms with E-state index in [-0.39, 0.29) is 24.2 Å². The van der Waals surface area contributed by atoms with Gasteiger partial charge in [0.15, 0.2) is 11.5 Å².